The van der Waals surface area contributed by atoms with Crippen LogP contribution in [0.4, 0.5) is 5.69 Å². The van der Waals surface area contributed by atoms with Gasteiger partial charge in [-0.2, -0.15) is 0 Å². The number of hydrazine groups is 1. The molecule has 1 fully saturated rings. The molecule has 19 heavy (non-hydrogen) atoms. The number of hydrogen-bond donors (Lipinski definition) is 2. The van der Waals surface area contributed by atoms with E-state index in [1.165, 1.54) is 6.42 Å². The van der Waals surface area contributed by atoms with Crippen molar-refractivity contribution in [3.05, 3.63) is 29.3 Å². The van der Waals surface area contributed by atoms with E-state index >= 15 is 0 Å². The minimum absolute atomic E-state index is 0.151. The highest BCUT2D eigenvalue weighted by Gasteiger charge is 2.26. The zero-order valence-corrected chi connectivity index (χ0v) is 11.8. The van der Waals surface area contributed by atoms with Gasteiger partial charge in [-0.25, -0.2) is 0 Å². The molecule has 0 radical (unpaired) electrons. The van der Waals surface area contributed by atoms with E-state index in [4.69, 9.17) is 5.84 Å². The summed E-state index contributed by atoms with van der Waals surface area (Å²) in [7, 11) is 0. The van der Waals surface area contributed by atoms with Crippen LogP contribution in [0, 0.1) is 6.92 Å². The average molecular weight is 261 g/mol. The number of nitrogens with two attached hydrogens (primary N) is 1. The number of hydrogen-bond acceptors (Lipinski definition) is 3. The Morgan fingerprint density at radius 3 is 2.89 bits per heavy atom. The standard InChI is InChI=1S/C15H23N3O/c1-3-13-6-4-5-9-18(13)15(19)12-7-8-14(17-16)11(2)10-12/h7-8,10,13,17H,3-6,9,16H2,1-2H3. The summed E-state index contributed by atoms with van der Waals surface area (Å²) in [6, 6.07) is 6.03. The van der Waals surface area contributed by atoms with E-state index < -0.39 is 0 Å². The maximum absolute atomic E-state index is 12.6. The molecule has 0 bridgehead atoms. The van der Waals surface area contributed by atoms with Gasteiger partial charge in [-0.15, -0.1) is 0 Å². The number of likely N-dealkylation sites (tertiary alicyclic amines) is 1. The number of rotatable bonds is 3. The Bertz CT molecular complexity index is 459. The van der Waals surface area contributed by atoms with Crippen molar-refractivity contribution in [1.29, 1.82) is 0 Å². The van der Waals surface area contributed by atoms with E-state index in [-0.39, 0.29) is 5.91 Å². The Hall–Kier alpha value is -1.55. The number of piperidine rings is 1. The van der Waals surface area contributed by atoms with Crippen LogP contribution in [-0.2, 0) is 0 Å². The second-order valence-electron chi connectivity index (χ2n) is 5.23. The monoisotopic (exact) mass is 261 g/mol. The number of carbonyl (C=O) groups excluding carboxylic acids is 1. The second-order valence-corrected chi connectivity index (χ2v) is 5.23. The number of nitrogen functional groups attached to an aromatic ring is 1. The fraction of sp³-hybridized carbons (Fsp3) is 0.533. The Labute approximate surface area is 114 Å². The molecule has 0 aromatic heterocycles. The van der Waals surface area contributed by atoms with Crippen LogP contribution in [-0.4, -0.2) is 23.4 Å². The highest BCUT2D eigenvalue weighted by Crippen LogP contribution is 2.23. The van der Waals surface area contributed by atoms with Gasteiger partial charge in [0.05, 0.1) is 5.69 Å². The van der Waals surface area contributed by atoms with Crippen molar-refractivity contribution in [2.75, 3.05) is 12.0 Å². The number of nitrogens with zero attached hydrogens (tertiary/aromatic N) is 1. The highest BCUT2D eigenvalue weighted by atomic mass is 16.2. The summed E-state index contributed by atoms with van der Waals surface area (Å²) in [5.41, 5.74) is 5.26. The van der Waals surface area contributed by atoms with Gasteiger partial charge in [-0.3, -0.25) is 10.6 Å². The molecular weight excluding hydrogens is 238 g/mol. The Morgan fingerprint density at radius 1 is 1.47 bits per heavy atom. The quantitative estimate of drug-likeness (QED) is 0.649. The van der Waals surface area contributed by atoms with E-state index in [0.29, 0.717) is 6.04 Å². The van der Waals surface area contributed by atoms with Gasteiger partial charge in [-0.1, -0.05) is 6.92 Å². The molecule has 1 unspecified atom stereocenters. The van der Waals surface area contributed by atoms with Crippen molar-refractivity contribution in [3.63, 3.8) is 0 Å². The molecule has 104 valence electrons. The van der Waals surface area contributed by atoms with Crippen LogP contribution in [0.3, 0.4) is 0 Å². The number of carbonyl (C=O) groups is 1. The van der Waals surface area contributed by atoms with Crippen molar-refractivity contribution >= 4 is 11.6 Å². The molecule has 0 aliphatic carbocycles. The molecule has 1 aliphatic heterocycles. The maximum atomic E-state index is 12.6. The minimum atomic E-state index is 0.151. The van der Waals surface area contributed by atoms with Gasteiger partial charge in [-0.05, 0) is 56.4 Å². The highest BCUT2D eigenvalue weighted by molar-refractivity contribution is 5.95. The molecule has 2 rings (SSSR count). The summed E-state index contributed by atoms with van der Waals surface area (Å²) in [6.07, 6.45) is 4.51. The summed E-state index contributed by atoms with van der Waals surface area (Å²) < 4.78 is 0. The van der Waals surface area contributed by atoms with Gasteiger partial charge >= 0.3 is 0 Å². The van der Waals surface area contributed by atoms with Gasteiger partial charge < -0.3 is 10.3 Å². The lowest BCUT2D eigenvalue weighted by atomic mass is 9.98. The predicted molar refractivity (Wildman–Crippen MR) is 78.0 cm³/mol. The fourth-order valence-corrected chi connectivity index (χ4v) is 2.82. The van der Waals surface area contributed by atoms with Gasteiger partial charge in [0.25, 0.3) is 5.91 Å². The van der Waals surface area contributed by atoms with Crippen LogP contribution >= 0.6 is 0 Å². The first-order valence-electron chi connectivity index (χ1n) is 7.05. The zero-order valence-electron chi connectivity index (χ0n) is 11.8. The molecule has 1 aromatic rings. The molecule has 0 spiro atoms. The van der Waals surface area contributed by atoms with Gasteiger partial charge in [0.15, 0.2) is 0 Å². The molecule has 1 amide bonds. The van der Waals surface area contributed by atoms with Crippen LogP contribution in [0.25, 0.3) is 0 Å². The molecule has 3 N–H and O–H groups in total. The summed E-state index contributed by atoms with van der Waals surface area (Å²) in [5, 5.41) is 0. The zero-order chi connectivity index (χ0) is 13.8. The van der Waals surface area contributed by atoms with E-state index in [0.717, 1.165) is 42.6 Å². The Balaban J connectivity index is 2.20. The Morgan fingerprint density at radius 2 is 2.26 bits per heavy atom. The molecule has 1 aliphatic rings. The summed E-state index contributed by atoms with van der Waals surface area (Å²) in [4.78, 5) is 14.6. The first kappa shape index (κ1) is 13.9. The van der Waals surface area contributed by atoms with Crippen LogP contribution in [0.15, 0.2) is 18.2 Å². The number of nitrogens with one attached hydrogen (secondary N) is 1. The summed E-state index contributed by atoms with van der Waals surface area (Å²) in [6.45, 7) is 5.00. The van der Waals surface area contributed by atoms with Crippen LogP contribution in [0.1, 0.15) is 48.5 Å². The first-order valence-corrected chi connectivity index (χ1v) is 7.05. The molecule has 4 heteroatoms. The van der Waals surface area contributed by atoms with Crippen molar-refractivity contribution < 1.29 is 4.79 Å². The summed E-state index contributed by atoms with van der Waals surface area (Å²) >= 11 is 0. The lowest BCUT2D eigenvalue weighted by molar-refractivity contribution is 0.0608. The van der Waals surface area contributed by atoms with Crippen LogP contribution < -0.4 is 11.3 Å². The van der Waals surface area contributed by atoms with Crippen molar-refractivity contribution in [2.45, 2.75) is 45.6 Å². The average Bonchev–Trinajstić information content (AvgIpc) is 2.46. The third-order valence-electron chi connectivity index (χ3n) is 3.99. The molecule has 4 nitrogen and oxygen atoms in total. The predicted octanol–water partition coefficient (Wildman–Crippen LogP) is 2.69. The largest absolute Gasteiger partial charge is 0.336 e. The third-order valence-corrected chi connectivity index (χ3v) is 3.99. The molecule has 1 atom stereocenters. The Kier molecular flexibility index (Phi) is 4.43. The number of anilines is 1. The topological polar surface area (TPSA) is 58.4 Å². The van der Waals surface area contributed by atoms with E-state index in [1.54, 1.807) is 0 Å². The van der Waals surface area contributed by atoms with Crippen molar-refractivity contribution in [3.8, 4) is 0 Å². The molecule has 0 saturated carbocycles. The van der Waals surface area contributed by atoms with E-state index in [1.807, 2.05) is 30.0 Å². The molecule has 1 saturated heterocycles. The second kappa shape index (κ2) is 6.06. The first-order chi connectivity index (χ1) is 9.17. The third kappa shape index (κ3) is 2.89. The number of amides is 1. The van der Waals surface area contributed by atoms with E-state index in [9.17, 15) is 4.79 Å². The van der Waals surface area contributed by atoms with Crippen molar-refractivity contribution in [2.24, 2.45) is 5.84 Å². The van der Waals surface area contributed by atoms with E-state index in [2.05, 4.69) is 12.3 Å². The SMILES string of the molecule is CCC1CCCCN1C(=O)c1ccc(NN)c(C)c1. The van der Waals surface area contributed by atoms with Crippen LogP contribution in [0.2, 0.25) is 0 Å². The fourth-order valence-electron chi connectivity index (χ4n) is 2.82. The summed E-state index contributed by atoms with van der Waals surface area (Å²) in [5.74, 6) is 5.57. The smallest absolute Gasteiger partial charge is 0.254 e. The van der Waals surface area contributed by atoms with Crippen LogP contribution in [0.5, 0.6) is 0 Å². The number of benzene rings is 1. The lowest BCUT2D eigenvalue weighted by Gasteiger charge is -2.35. The normalized spacial score (nSPS) is 19.3. The minimum Gasteiger partial charge on any atom is -0.336 e. The van der Waals surface area contributed by atoms with Gasteiger partial charge in [0, 0.05) is 18.2 Å². The molecule has 1 aromatic carbocycles. The van der Waals surface area contributed by atoms with Gasteiger partial charge in [0.1, 0.15) is 0 Å². The molecule has 1 heterocycles. The van der Waals surface area contributed by atoms with Gasteiger partial charge in [0.2, 0.25) is 0 Å². The lowest BCUT2D eigenvalue weighted by Crippen LogP contribution is -2.43. The molecular formula is C15H23N3O. The van der Waals surface area contributed by atoms with Crippen molar-refractivity contribution in [1.82, 2.24) is 4.90 Å². The number of aryl methyl sites for hydroxylation is 1. The maximum Gasteiger partial charge on any atom is 0.254 e.